The van der Waals surface area contributed by atoms with Crippen LogP contribution in [0.3, 0.4) is 0 Å². The Morgan fingerprint density at radius 2 is 2.04 bits per heavy atom. The monoisotopic (exact) mass is 375 g/mol. The molecule has 24 heavy (non-hydrogen) atoms. The third-order valence-electron chi connectivity index (χ3n) is 4.50. The van der Waals surface area contributed by atoms with Crippen molar-refractivity contribution in [2.45, 2.75) is 25.8 Å². The largest absolute Gasteiger partial charge is 0.378 e. The summed E-state index contributed by atoms with van der Waals surface area (Å²) in [4.78, 5) is 14.6. The predicted molar refractivity (Wildman–Crippen MR) is 103 cm³/mol. The van der Waals surface area contributed by atoms with E-state index in [2.05, 4.69) is 34.6 Å². The number of benzene rings is 1. The van der Waals surface area contributed by atoms with Gasteiger partial charge in [-0.3, -0.25) is 4.79 Å². The average Bonchev–Trinajstić information content (AvgIpc) is 2.56. The Labute approximate surface area is 156 Å². The zero-order chi connectivity index (χ0) is 15.4. The number of hydrogen-bond acceptors (Lipinski definition) is 4. The lowest BCUT2D eigenvalue weighted by Gasteiger charge is -2.32. The van der Waals surface area contributed by atoms with Gasteiger partial charge in [-0.15, -0.1) is 24.8 Å². The molecule has 2 heterocycles. The van der Waals surface area contributed by atoms with Crippen LogP contribution < -0.4 is 15.5 Å². The third kappa shape index (κ3) is 5.52. The number of amides is 1. The predicted octanol–water partition coefficient (Wildman–Crippen LogP) is 2.69. The maximum atomic E-state index is 12.2. The van der Waals surface area contributed by atoms with E-state index in [0.717, 1.165) is 31.2 Å². The van der Waals surface area contributed by atoms with Gasteiger partial charge in [-0.25, -0.2) is 0 Å². The number of carbonyl (C=O) groups is 1. The maximum absolute atomic E-state index is 12.2. The first-order chi connectivity index (χ1) is 10.7. The van der Waals surface area contributed by atoms with Gasteiger partial charge in [-0.2, -0.15) is 0 Å². The van der Waals surface area contributed by atoms with Gasteiger partial charge < -0.3 is 20.3 Å². The number of rotatable bonds is 3. The molecule has 1 aromatic rings. The van der Waals surface area contributed by atoms with Crippen molar-refractivity contribution in [3.8, 4) is 0 Å². The molecule has 7 heteroatoms. The molecule has 1 unspecified atom stereocenters. The fraction of sp³-hybridized carbons (Fsp3) is 0.588. The van der Waals surface area contributed by atoms with Crippen LogP contribution in [-0.2, 0) is 9.53 Å². The molecule has 0 aromatic heterocycles. The zero-order valence-corrected chi connectivity index (χ0v) is 15.6. The van der Waals surface area contributed by atoms with Gasteiger partial charge in [0.1, 0.15) is 6.04 Å². The normalized spacial score (nSPS) is 21.4. The molecule has 1 atom stereocenters. The van der Waals surface area contributed by atoms with Crippen molar-refractivity contribution in [3.63, 3.8) is 0 Å². The Balaban J connectivity index is 0.00000144. The molecule has 0 saturated carbocycles. The highest BCUT2D eigenvalue weighted by Crippen LogP contribution is 2.25. The maximum Gasteiger partial charge on any atom is 0.243 e. The second-order valence-corrected chi connectivity index (χ2v) is 6.29. The van der Waals surface area contributed by atoms with Gasteiger partial charge in [-0.05, 0) is 37.0 Å². The van der Waals surface area contributed by atoms with Crippen LogP contribution in [-0.4, -0.2) is 44.8 Å². The molecule has 0 radical (unpaired) electrons. The fourth-order valence-corrected chi connectivity index (χ4v) is 3.01. The van der Waals surface area contributed by atoms with Gasteiger partial charge in [0.2, 0.25) is 5.91 Å². The number of hydrogen-bond donors (Lipinski definition) is 2. The summed E-state index contributed by atoms with van der Waals surface area (Å²) >= 11 is 0. The van der Waals surface area contributed by atoms with E-state index in [4.69, 9.17) is 4.74 Å². The van der Waals surface area contributed by atoms with Crippen LogP contribution in [0.2, 0.25) is 0 Å². The van der Waals surface area contributed by atoms with Gasteiger partial charge >= 0.3 is 0 Å². The van der Waals surface area contributed by atoms with E-state index in [9.17, 15) is 4.79 Å². The van der Waals surface area contributed by atoms with Crippen molar-refractivity contribution in [1.82, 2.24) is 5.32 Å². The number of nitrogens with one attached hydrogen (secondary N) is 2. The summed E-state index contributed by atoms with van der Waals surface area (Å²) in [5, 5.41) is 6.17. The first-order valence-corrected chi connectivity index (χ1v) is 8.19. The summed E-state index contributed by atoms with van der Waals surface area (Å²) < 4.78 is 5.34. The molecule has 1 amide bonds. The number of nitrogens with zero attached hydrogens (tertiary/aromatic N) is 1. The summed E-state index contributed by atoms with van der Waals surface area (Å²) in [7, 11) is 0. The van der Waals surface area contributed by atoms with Gasteiger partial charge in [0, 0.05) is 31.0 Å². The Hall–Kier alpha value is -1.01. The van der Waals surface area contributed by atoms with Crippen LogP contribution >= 0.6 is 24.8 Å². The first-order valence-electron chi connectivity index (χ1n) is 8.19. The molecular weight excluding hydrogens is 349 g/mol. The minimum atomic E-state index is -0.256. The van der Waals surface area contributed by atoms with Crippen molar-refractivity contribution in [3.05, 3.63) is 24.3 Å². The molecule has 2 aliphatic heterocycles. The lowest BCUT2D eigenvalue weighted by Crippen LogP contribution is -2.48. The number of piperidine rings is 1. The quantitative estimate of drug-likeness (QED) is 0.852. The lowest BCUT2D eigenvalue weighted by atomic mass is 9.99. The van der Waals surface area contributed by atoms with Crippen molar-refractivity contribution in [2.75, 3.05) is 43.1 Å². The van der Waals surface area contributed by atoms with E-state index < -0.39 is 0 Å². The molecule has 1 aromatic carbocycles. The van der Waals surface area contributed by atoms with Gasteiger partial charge in [0.15, 0.2) is 0 Å². The van der Waals surface area contributed by atoms with Crippen LogP contribution in [0, 0.1) is 5.92 Å². The molecule has 5 nitrogen and oxygen atoms in total. The van der Waals surface area contributed by atoms with Crippen LogP contribution in [0.15, 0.2) is 24.3 Å². The smallest absolute Gasteiger partial charge is 0.243 e. The van der Waals surface area contributed by atoms with Crippen molar-refractivity contribution >= 4 is 42.1 Å². The number of anilines is 2. The fourth-order valence-electron chi connectivity index (χ4n) is 3.01. The second kappa shape index (κ2) is 10.1. The van der Waals surface area contributed by atoms with Crippen LogP contribution in [0.5, 0.6) is 0 Å². The highest BCUT2D eigenvalue weighted by atomic mass is 35.5. The van der Waals surface area contributed by atoms with Crippen molar-refractivity contribution < 1.29 is 9.53 Å². The summed E-state index contributed by atoms with van der Waals surface area (Å²) in [6, 6.07) is 7.88. The van der Waals surface area contributed by atoms with Gasteiger partial charge in [0.25, 0.3) is 0 Å². The number of morpholine rings is 1. The minimum Gasteiger partial charge on any atom is -0.378 e. The molecule has 0 spiro atoms. The highest BCUT2D eigenvalue weighted by molar-refractivity contribution is 5.95. The number of halogens is 2. The van der Waals surface area contributed by atoms with Crippen LogP contribution in [0.4, 0.5) is 11.4 Å². The Bertz CT molecular complexity index is 516. The number of ether oxygens (including phenoxy) is 1. The molecule has 2 fully saturated rings. The topological polar surface area (TPSA) is 53.6 Å². The molecular formula is C17H27Cl2N3O2. The number of carbonyl (C=O) groups excluding carboxylic acids is 1. The van der Waals surface area contributed by atoms with E-state index in [-0.39, 0.29) is 36.8 Å². The molecule has 2 saturated heterocycles. The Morgan fingerprint density at radius 1 is 1.29 bits per heavy atom. The van der Waals surface area contributed by atoms with E-state index in [1.807, 2.05) is 12.1 Å². The van der Waals surface area contributed by atoms with E-state index in [1.54, 1.807) is 0 Å². The molecule has 2 aliphatic rings. The zero-order valence-electron chi connectivity index (χ0n) is 14.0. The van der Waals surface area contributed by atoms with Crippen molar-refractivity contribution in [1.29, 1.82) is 0 Å². The van der Waals surface area contributed by atoms with Gasteiger partial charge in [0.05, 0.1) is 13.2 Å². The van der Waals surface area contributed by atoms with Crippen LogP contribution in [0.1, 0.15) is 19.8 Å². The third-order valence-corrected chi connectivity index (χ3v) is 4.50. The Morgan fingerprint density at radius 3 is 2.71 bits per heavy atom. The van der Waals surface area contributed by atoms with E-state index >= 15 is 0 Å². The average molecular weight is 376 g/mol. The summed E-state index contributed by atoms with van der Waals surface area (Å²) in [6.07, 6.45) is 2.47. The summed E-state index contributed by atoms with van der Waals surface area (Å²) in [5.74, 6) is 0.792. The van der Waals surface area contributed by atoms with Crippen molar-refractivity contribution in [2.24, 2.45) is 5.92 Å². The van der Waals surface area contributed by atoms with E-state index in [1.165, 1.54) is 18.5 Å². The minimum absolute atomic E-state index is 0. The summed E-state index contributed by atoms with van der Waals surface area (Å²) in [6.45, 7) is 6.34. The molecule has 136 valence electrons. The standard InChI is InChI=1S/C17H25N3O2.2ClH/c1-13-5-8-20(9-6-13)15-4-2-3-14(11-15)19-17(21)16-12-22-10-7-18-16;;/h2-4,11,13,16,18H,5-10,12H2,1H3,(H,19,21);2*1H. The molecule has 3 rings (SSSR count). The molecule has 0 bridgehead atoms. The SMILES string of the molecule is CC1CCN(c2cccc(NC(=O)C3COCCN3)c2)CC1.Cl.Cl. The molecule has 2 N–H and O–H groups in total. The molecule has 0 aliphatic carbocycles. The first kappa shape index (κ1) is 21.0. The lowest BCUT2D eigenvalue weighted by molar-refractivity contribution is -0.120. The summed E-state index contributed by atoms with van der Waals surface area (Å²) in [5.41, 5.74) is 2.05. The second-order valence-electron chi connectivity index (χ2n) is 6.29. The Kier molecular flexibility index (Phi) is 8.84. The highest BCUT2D eigenvalue weighted by Gasteiger charge is 2.21. The van der Waals surface area contributed by atoms with E-state index in [0.29, 0.717) is 13.2 Å². The van der Waals surface area contributed by atoms with Gasteiger partial charge in [-0.1, -0.05) is 13.0 Å². The van der Waals surface area contributed by atoms with Crippen LogP contribution in [0.25, 0.3) is 0 Å².